The van der Waals surface area contributed by atoms with Gasteiger partial charge in [0.2, 0.25) is 0 Å². The summed E-state index contributed by atoms with van der Waals surface area (Å²) in [6.07, 6.45) is 3.52. The van der Waals surface area contributed by atoms with E-state index < -0.39 is 0 Å². The van der Waals surface area contributed by atoms with Gasteiger partial charge in [-0.05, 0) is 38.8 Å². The first-order valence-electron chi connectivity index (χ1n) is 7.75. The van der Waals surface area contributed by atoms with Crippen LogP contribution >= 0.6 is 0 Å². The molecule has 1 unspecified atom stereocenters. The van der Waals surface area contributed by atoms with Gasteiger partial charge in [0.05, 0.1) is 7.11 Å². The van der Waals surface area contributed by atoms with Crippen molar-refractivity contribution in [2.45, 2.75) is 59.0 Å². The number of hydrogen-bond acceptors (Lipinski definition) is 3. The Kier molecular flexibility index (Phi) is 6.86. The second-order valence-corrected chi connectivity index (χ2v) is 5.49. The number of nitrogens with zero attached hydrogens (tertiary/aromatic N) is 1. The average Bonchev–Trinajstić information content (AvgIpc) is 2.46. The van der Waals surface area contributed by atoms with Crippen molar-refractivity contribution < 1.29 is 4.74 Å². The fourth-order valence-corrected chi connectivity index (χ4v) is 2.55. The Morgan fingerprint density at radius 2 is 1.95 bits per heavy atom. The number of rotatable bonds is 8. The van der Waals surface area contributed by atoms with Gasteiger partial charge in [-0.3, -0.25) is 0 Å². The first-order valence-corrected chi connectivity index (χ1v) is 7.75. The van der Waals surface area contributed by atoms with Crippen LogP contribution in [0.2, 0.25) is 0 Å². The van der Waals surface area contributed by atoms with Crippen LogP contribution in [0.15, 0.2) is 18.2 Å². The third-order valence-corrected chi connectivity index (χ3v) is 3.90. The summed E-state index contributed by atoms with van der Waals surface area (Å²) in [7, 11) is 1.71. The zero-order valence-electron chi connectivity index (χ0n) is 13.6. The number of unbranched alkanes of at least 4 members (excludes halogenated alkanes) is 1. The minimum absolute atomic E-state index is 0.0330. The van der Waals surface area contributed by atoms with Gasteiger partial charge < -0.3 is 15.4 Å². The van der Waals surface area contributed by atoms with Crippen molar-refractivity contribution in [3.05, 3.63) is 23.8 Å². The van der Waals surface area contributed by atoms with Gasteiger partial charge in [-0.25, -0.2) is 0 Å². The first kappa shape index (κ1) is 16.8. The molecular weight excluding hydrogens is 248 g/mol. The molecule has 0 aliphatic heterocycles. The lowest BCUT2D eigenvalue weighted by Crippen LogP contribution is -2.35. The van der Waals surface area contributed by atoms with Crippen LogP contribution in [0.25, 0.3) is 0 Å². The predicted molar refractivity (Wildman–Crippen MR) is 87.6 cm³/mol. The van der Waals surface area contributed by atoms with E-state index in [9.17, 15) is 0 Å². The highest BCUT2D eigenvalue weighted by Gasteiger charge is 2.20. The molecule has 0 radical (unpaired) electrons. The normalized spacial score (nSPS) is 13.9. The fraction of sp³-hybridized carbons (Fsp3) is 0.647. The zero-order chi connectivity index (χ0) is 15.1. The van der Waals surface area contributed by atoms with E-state index in [0.29, 0.717) is 6.04 Å². The molecule has 3 heteroatoms. The van der Waals surface area contributed by atoms with E-state index in [4.69, 9.17) is 10.5 Å². The number of hydrogen-bond donors (Lipinski definition) is 1. The first-order chi connectivity index (χ1) is 9.56. The number of nitrogens with two attached hydrogens (primary N) is 1. The summed E-state index contributed by atoms with van der Waals surface area (Å²) < 4.78 is 5.51. The largest absolute Gasteiger partial charge is 0.496 e. The molecular formula is C17H30N2O. The maximum atomic E-state index is 6.19. The van der Waals surface area contributed by atoms with Gasteiger partial charge in [0.15, 0.2) is 0 Å². The molecule has 0 bridgehead atoms. The molecule has 2 atom stereocenters. The smallest absolute Gasteiger partial charge is 0.125 e. The van der Waals surface area contributed by atoms with E-state index in [1.165, 1.54) is 18.5 Å². The Balaban J connectivity index is 3.24. The minimum Gasteiger partial charge on any atom is -0.496 e. The molecule has 0 spiro atoms. The van der Waals surface area contributed by atoms with Crippen LogP contribution in [-0.4, -0.2) is 19.7 Å². The van der Waals surface area contributed by atoms with Crippen molar-refractivity contribution in [1.82, 2.24) is 0 Å². The quantitative estimate of drug-likeness (QED) is 0.777. The molecule has 1 aromatic carbocycles. The van der Waals surface area contributed by atoms with Crippen molar-refractivity contribution in [2.24, 2.45) is 5.73 Å². The van der Waals surface area contributed by atoms with E-state index in [1.807, 2.05) is 13.0 Å². The molecule has 0 saturated carbocycles. The zero-order valence-corrected chi connectivity index (χ0v) is 13.6. The van der Waals surface area contributed by atoms with Crippen molar-refractivity contribution in [3.63, 3.8) is 0 Å². The lowest BCUT2D eigenvalue weighted by Gasteiger charge is -2.34. The molecule has 2 N–H and O–H groups in total. The SMILES string of the molecule is CCCCN(c1cccc(OC)c1[C@H](C)N)C(C)CC. The highest BCUT2D eigenvalue weighted by atomic mass is 16.5. The highest BCUT2D eigenvalue weighted by Crippen LogP contribution is 2.35. The molecule has 114 valence electrons. The average molecular weight is 278 g/mol. The van der Waals surface area contributed by atoms with E-state index in [2.05, 4.69) is 37.8 Å². The van der Waals surface area contributed by atoms with Crippen molar-refractivity contribution in [2.75, 3.05) is 18.6 Å². The summed E-state index contributed by atoms with van der Waals surface area (Å²) in [6, 6.07) is 6.70. The number of methoxy groups -OCH3 is 1. The summed E-state index contributed by atoms with van der Waals surface area (Å²) in [5.74, 6) is 0.891. The summed E-state index contributed by atoms with van der Waals surface area (Å²) in [6.45, 7) is 9.83. The molecule has 1 rings (SSSR count). The molecule has 1 aromatic rings. The molecule has 20 heavy (non-hydrogen) atoms. The third-order valence-electron chi connectivity index (χ3n) is 3.90. The van der Waals surface area contributed by atoms with Gasteiger partial charge in [0.1, 0.15) is 5.75 Å². The Labute approximate surface area is 124 Å². The molecule has 0 amide bonds. The predicted octanol–water partition coefficient (Wildman–Crippen LogP) is 4.12. The number of benzene rings is 1. The van der Waals surface area contributed by atoms with Gasteiger partial charge in [0.25, 0.3) is 0 Å². The van der Waals surface area contributed by atoms with Crippen molar-refractivity contribution in [1.29, 1.82) is 0 Å². The van der Waals surface area contributed by atoms with Crippen LogP contribution in [0.1, 0.15) is 58.6 Å². The molecule has 0 aromatic heterocycles. The van der Waals surface area contributed by atoms with Crippen LogP contribution in [0.4, 0.5) is 5.69 Å². The molecule has 0 fully saturated rings. The van der Waals surface area contributed by atoms with E-state index in [0.717, 1.165) is 24.3 Å². The van der Waals surface area contributed by atoms with Crippen LogP contribution < -0.4 is 15.4 Å². The maximum Gasteiger partial charge on any atom is 0.125 e. The Morgan fingerprint density at radius 3 is 2.45 bits per heavy atom. The topological polar surface area (TPSA) is 38.5 Å². The molecule has 0 saturated heterocycles. The second-order valence-electron chi connectivity index (χ2n) is 5.49. The second kappa shape index (κ2) is 8.15. The monoisotopic (exact) mass is 278 g/mol. The lowest BCUT2D eigenvalue weighted by molar-refractivity contribution is 0.406. The third kappa shape index (κ3) is 3.89. The number of anilines is 1. The minimum atomic E-state index is -0.0330. The van der Waals surface area contributed by atoms with Crippen molar-refractivity contribution >= 4 is 5.69 Å². The molecule has 0 aliphatic carbocycles. The highest BCUT2D eigenvalue weighted by molar-refractivity contribution is 5.61. The van der Waals surface area contributed by atoms with E-state index in [1.54, 1.807) is 7.11 Å². The molecule has 3 nitrogen and oxygen atoms in total. The van der Waals surface area contributed by atoms with Crippen LogP contribution in [-0.2, 0) is 0 Å². The van der Waals surface area contributed by atoms with E-state index in [-0.39, 0.29) is 6.04 Å². The van der Waals surface area contributed by atoms with Gasteiger partial charge >= 0.3 is 0 Å². The summed E-state index contributed by atoms with van der Waals surface area (Å²) in [4.78, 5) is 2.48. The van der Waals surface area contributed by atoms with Gasteiger partial charge in [-0.1, -0.05) is 26.3 Å². The summed E-state index contributed by atoms with van der Waals surface area (Å²) in [5.41, 5.74) is 8.53. The standard InChI is InChI=1S/C17H30N2O/c1-6-8-12-19(13(3)7-2)15-10-9-11-16(20-5)17(15)14(4)18/h9-11,13-14H,6-8,12,18H2,1-5H3/t13?,14-/m0/s1. The van der Waals surface area contributed by atoms with Crippen LogP contribution in [0.3, 0.4) is 0 Å². The maximum absolute atomic E-state index is 6.19. The van der Waals surface area contributed by atoms with Gasteiger partial charge in [-0.2, -0.15) is 0 Å². The Morgan fingerprint density at radius 1 is 1.25 bits per heavy atom. The van der Waals surface area contributed by atoms with Gasteiger partial charge in [-0.15, -0.1) is 0 Å². The Bertz CT molecular complexity index is 404. The molecule has 0 aliphatic rings. The lowest BCUT2D eigenvalue weighted by atomic mass is 10.0. The summed E-state index contributed by atoms with van der Waals surface area (Å²) in [5, 5.41) is 0. The van der Waals surface area contributed by atoms with Crippen LogP contribution in [0.5, 0.6) is 5.75 Å². The Hall–Kier alpha value is -1.22. The van der Waals surface area contributed by atoms with Crippen molar-refractivity contribution in [3.8, 4) is 5.75 Å². The number of ether oxygens (including phenoxy) is 1. The van der Waals surface area contributed by atoms with Gasteiger partial charge in [0, 0.05) is 29.9 Å². The summed E-state index contributed by atoms with van der Waals surface area (Å²) >= 11 is 0. The molecule has 0 heterocycles. The fourth-order valence-electron chi connectivity index (χ4n) is 2.55. The van der Waals surface area contributed by atoms with Crippen LogP contribution in [0, 0.1) is 0 Å². The van der Waals surface area contributed by atoms with E-state index >= 15 is 0 Å².